The van der Waals surface area contributed by atoms with Crippen molar-refractivity contribution in [3.05, 3.63) is 24.3 Å². The van der Waals surface area contributed by atoms with Crippen LogP contribution in [-0.2, 0) is 0 Å². The highest BCUT2D eigenvalue weighted by atomic mass is 32.2. The Kier molecular flexibility index (Phi) is 3.86. The Morgan fingerprint density at radius 2 is 2.12 bits per heavy atom. The number of benzene rings is 1. The molecule has 6 nitrogen and oxygen atoms in total. The third-order valence-corrected chi connectivity index (χ3v) is 2.72. The minimum atomic E-state index is 0.133. The number of nitrogens with zero attached hydrogens (tertiary/aromatic N) is 3. The number of hydrogen-bond donors (Lipinski definition) is 3. The van der Waals surface area contributed by atoms with Crippen LogP contribution in [0.3, 0.4) is 0 Å². The van der Waals surface area contributed by atoms with Crippen LogP contribution >= 0.6 is 11.9 Å². The molecule has 0 unspecified atom stereocenters. The lowest BCUT2D eigenvalue weighted by Crippen LogP contribution is -2.08. The summed E-state index contributed by atoms with van der Waals surface area (Å²) in [4.78, 5) is 1.07. The van der Waals surface area contributed by atoms with E-state index in [1.165, 1.54) is 11.9 Å². The Labute approximate surface area is 96.6 Å². The molecule has 16 heavy (non-hydrogen) atoms. The highest BCUT2D eigenvalue weighted by molar-refractivity contribution is 7.97. The normalized spacial score (nSPS) is 10.6. The van der Waals surface area contributed by atoms with Crippen LogP contribution in [0.2, 0.25) is 0 Å². The molecule has 1 heterocycles. The van der Waals surface area contributed by atoms with Gasteiger partial charge in [0.25, 0.3) is 0 Å². The molecule has 7 heteroatoms. The van der Waals surface area contributed by atoms with Crippen molar-refractivity contribution >= 4 is 11.9 Å². The quantitative estimate of drug-likeness (QED) is 0.517. The Bertz CT molecular complexity index is 416. The standard InChI is InChI=1S/C9H11N5OS/c15-6-5-10-16-8-3-1-7(2-4-8)9-11-13-14-12-9/h1-4,10,15H,5-6H2,(H,11,12,13,14). The third kappa shape index (κ3) is 2.78. The van der Waals surface area contributed by atoms with Crippen LogP contribution in [0, 0.1) is 0 Å². The Balaban J connectivity index is 2.00. The number of nitrogens with one attached hydrogen (secondary N) is 2. The largest absolute Gasteiger partial charge is 0.395 e. The first-order chi connectivity index (χ1) is 7.90. The van der Waals surface area contributed by atoms with Crippen molar-refractivity contribution in [2.24, 2.45) is 0 Å². The van der Waals surface area contributed by atoms with Crippen molar-refractivity contribution in [1.82, 2.24) is 25.3 Å². The van der Waals surface area contributed by atoms with Crippen LogP contribution in [0.15, 0.2) is 29.2 Å². The van der Waals surface area contributed by atoms with E-state index in [4.69, 9.17) is 5.11 Å². The van der Waals surface area contributed by atoms with Crippen LogP contribution < -0.4 is 4.72 Å². The van der Waals surface area contributed by atoms with Crippen molar-refractivity contribution in [1.29, 1.82) is 0 Å². The van der Waals surface area contributed by atoms with Crippen molar-refractivity contribution in [3.63, 3.8) is 0 Å². The van der Waals surface area contributed by atoms with Gasteiger partial charge < -0.3 is 5.11 Å². The number of hydrogen-bond acceptors (Lipinski definition) is 6. The third-order valence-electron chi connectivity index (χ3n) is 1.86. The number of tetrazole rings is 1. The Morgan fingerprint density at radius 3 is 2.75 bits per heavy atom. The molecule has 0 saturated heterocycles. The summed E-state index contributed by atoms with van der Waals surface area (Å²) in [5, 5.41) is 22.3. The first-order valence-electron chi connectivity index (χ1n) is 4.74. The van der Waals surface area contributed by atoms with Gasteiger partial charge in [0.15, 0.2) is 0 Å². The van der Waals surface area contributed by atoms with Crippen LogP contribution in [0.4, 0.5) is 0 Å². The molecule has 1 aromatic carbocycles. The molecular formula is C9H11N5OS. The monoisotopic (exact) mass is 237 g/mol. The van der Waals surface area contributed by atoms with Gasteiger partial charge in [0.1, 0.15) is 0 Å². The average molecular weight is 237 g/mol. The lowest BCUT2D eigenvalue weighted by atomic mass is 10.2. The minimum absolute atomic E-state index is 0.133. The average Bonchev–Trinajstić information content (AvgIpc) is 2.84. The Hall–Kier alpha value is -1.44. The Morgan fingerprint density at radius 1 is 1.31 bits per heavy atom. The summed E-state index contributed by atoms with van der Waals surface area (Å²) < 4.78 is 3.02. The van der Waals surface area contributed by atoms with E-state index in [1.54, 1.807) is 0 Å². The van der Waals surface area contributed by atoms with Crippen LogP contribution in [-0.4, -0.2) is 38.9 Å². The van der Waals surface area contributed by atoms with Gasteiger partial charge in [-0.05, 0) is 41.4 Å². The van der Waals surface area contributed by atoms with Gasteiger partial charge in [0, 0.05) is 17.0 Å². The second-order valence-electron chi connectivity index (χ2n) is 2.98. The lowest BCUT2D eigenvalue weighted by molar-refractivity contribution is 0.302. The molecule has 0 aliphatic heterocycles. The molecule has 0 amide bonds. The van der Waals surface area contributed by atoms with E-state index >= 15 is 0 Å². The molecule has 0 aliphatic carbocycles. The molecule has 0 radical (unpaired) electrons. The molecule has 0 saturated carbocycles. The SMILES string of the molecule is OCCNSc1ccc(-c2nn[nH]n2)cc1. The number of H-pyrrole nitrogens is 1. The number of rotatable bonds is 5. The number of aliphatic hydroxyl groups excluding tert-OH is 1. The number of aliphatic hydroxyl groups is 1. The second kappa shape index (κ2) is 5.59. The molecular weight excluding hydrogens is 226 g/mol. The van der Waals surface area contributed by atoms with E-state index in [9.17, 15) is 0 Å². The van der Waals surface area contributed by atoms with E-state index in [2.05, 4.69) is 25.3 Å². The zero-order valence-corrected chi connectivity index (χ0v) is 9.24. The van der Waals surface area contributed by atoms with Gasteiger partial charge in [-0.1, -0.05) is 0 Å². The van der Waals surface area contributed by atoms with Crippen LogP contribution in [0.5, 0.6) is 0 Å². The smallest absolute Gasteiger partial charge is 0.204 e. The maximum absolute atomic E-state index is 8.61. The van der Waals surface area contributed by atoms with Crippen LogP contribution in [0.25, 0.3) is 11.4 Å². The fraction of sp³-hybridized carbons (Fsp3) is 0.222. The zero-order valence-electron chi connectivity index (χ0n) is 8.42. The molecule has 3 N–H and O–H groups in total. The number of aromatic nitrogens is 4. The molecule has 0 aliphatic rings. The van der Waals surface area contributed by atoms with E-state index in [0.29, 0.717) is 12.4 Å². The summed E-state index contributed by atoms with van der Waals surface area (Å²) in [6.07, 6.45) is 0. The maximum atomic E-state index is 8.61. The van der Waals surface area contributed by atoms with Gasteiger partial charge >= 0.3 is 0 Å². The maximum Gasteiger partial charge on any atom is 0.204 e. The van der Waals surface area contributed by atoms with E-state index < -0.39 is 0 Å². The van der Waals surface area contributed by atoms with Gasteiger partial charge in [0.05, 0.1) is 6.61 Å². The summed E-state index contributed by atoms with van der Waals surface area (Å²) in [5.41, 5.74) is 0.917. The summed E-state index contributed by atoms with van der Waals surface area (Å²) in [7, 11) is 0. The van der Waals surface area contributed by atoms with Gasteiger partial charge in [-0.2, -0.15) is 5.21 Å². The van der Waals surface area contributed by atoms with Gasteiger partial charge in [0.2, 0.25) is 5.82 Å². The predicted molar refractivity (Wildman–Crippen MR) is 60.6 cm³/mol. The van der Waals surface area contributed by atoms with E-state index in [1.807, 2.05) is 24.3 Å². The summed E-state index contributed by atoms with van der Waals surface area (Å²) in [5.74, 6) is 0.583. The zero-order chi connectivity index (χ0) is 11.2. The molecule has 0 atom stereocenters. The summed E-state index contributed by atoms with van der Waals surface area (Å²) >= 11 is 1.48. The van der Waals surface area contributed by atoms with E-state index in [-0.39, 0.29) is 6.61 Å². The van der Waals surface area contributed by atoms with Crippen molar-refractivity contribution in [2.75, 3.05) is 13.2 Å². The van der Waals surface area contributed by atoms with E-state index in [0.717, 1.165) is 10.5 Å². The molecule has 0 fully saturated rings. The van der Waals surface area contributed by atoms with Gasteiger partial charge in [-0.15, -0.1) is 10.2 Å². The molecule has 2 aromatic rings. The van der Waals surface area contributed by atoms with Crippen molar-refractivity contribution in [2.45, 2.75) is 4.90 Å². The highest BCUT2D eigenvalue weighted by Gasteiger charge is 2.02. The fourth-order valence-corrected chi connectivity index (χ4v) is 1.77. The predicted octanol–water partition coefficient (Wildman–Crippen LogP) is 0.456. The molecule has 0 spiro atoms. The van der Waals surface area contributed by atoms with Crippen molar-refractivity contribution in [3.8, 4) is 11.4 Å². The van der Waals surface area contributed by atoms with Crippen molar-refractivity contribution < 1.29 is 5.11 Å². The molecule has 0 bridgehead atoms. The van der Waals surface area contributed by atoms with Crippen LogP contribution in [0.1, 0.15) is 0 Å². The fourth-order valence-electron chi connectivity index (χ4n) is 1.14. The van der Waals surface area contributed by atoms with Gasteiger partial charge in [-0.3, -0.25) is 4.72 Å². The van der Waals surface area contributed by atoms with Gasteiger partial charge in [-0.25, -0.2) is 0 Å². The first kappa shape index (κ1) is 11.1. The molecule has 84 valence electrons. The number of aromatic amines is 1. The first-order valence-corrected chi connectivity index (χ1v) is 5.56. The molecule has 1 aromatic heterocycles. The molecule has 2 rings (SSSR count). The summed E-state index contributed by atoms with van der Waals surface area (Å²) in [6.45, 7) is 0.700. The lowest BCUT2D eigenvalue weighted by Gasteiger charge is -2.02. The topological polar surface area (TPSA) is 86.7 Å². The highest BCUT2D eigenvalue weighted by Crippen LogP contribution is 2.19. The minimum Gasteiger partial charge on any atom is -0.395 e. The second-order valence-corrected chi connectivity index (χ2v) is 3.94. The summed E-state index contributed by atoms with van der Waals surface area (Å²) in [6, 6.07) is 7.77.